The summed E-state index contributed by atoms with van der Waals surface area (Å²) in [4.78, 5) is 0. The van der Waals surface area contributed by atoms with Gasteiger partial charge in [-0.25, -0.2) is 8.42 Å². The maximum atomic E-state index is 11.4. The van der Waals surface area contributed by atoms with Crippen LogP contribution in [0.2, 0.25) is 0 Å². The van der Waals surface area contributed by atoms with Gasteiger partial charge in [0.15, 0.2) is 9.84 Å². The zero-order valence-electron chi connectivity index (χ0n) is 10.2. The highest BCUT2D eigenvalue weighted by Crippen LogP contribution is 2.28. The van der Waals surface area contributed by atoms with Crippen LogP contribution in [-0.4, -0.2) is 43.2 Å². The molecular weight excluding hydrogens is 226 g/mol. The second kappa shape index (κ2) is 5.47. The molecule has 0 aliphatic heterocycles. The first-order chi connectivity index (χ1) is 7.37. The smallest absolute Gasteiger partial charge is 0.151 e. The van der Waals surface area contributed by atoms with Crippen LogP contribution in [0.5, 0.6) is 0 Å². The van der Waals surface area contributed by atoms with Crippen molar-refractivity contribution in [2.75, 3.05) is 18.1 Å². The zero-order valence-corrected chi connectivity index (χ0v) is 11.0. The molecule has 4 nitrogen and oxygen atoms in total. The van der Waals surface area contributed by atoms with Gasteiger partial charge in [-0.05, 0) is 19.8 Å². The Morgan fingerprint density at radius 3 is 2.44 bits per heavy atom. The van der Waals surface area contributed by atoms with E-state index in [0.717, 1.165) is 25.7 Å². The fourth-order valence-corrected chi connectivity index (χ4v) is 3.25. The molecule has 2 N–H and O–H groups in total. The first-order valence-corrected chi connectivity index (χ1v) is 7.85. The number of sulfone groups is 1. The van der Waals surface area contributed by atoms with E-state index in [9.17, 15) is 13.5 Å². The van der Waals surface area contributed by atoms with Crippen LogP contribution < -0.4 is 5.32 Å². The summed E-state index contributed by atoms with van der Waals surface area (Å²) in [5.41, 5.74) is -0.607. The van der Waals surface area contributed by atoms with Crippen molar-refractivity contribution < 1.29 is 13.5 Å². The third-order valence-electron chi connectivity index (χ3n) is 3.26. The molecule has 0 bridgehead atoms. The van der Waals surface area contributed by atoms with Gasteiger partial charge in [0.1, 0.15) is 0 Å². The van der Waals surface area contributed by atoms with Crippen molar-refractivity contribution in [3.63, 3.8) is 0 Å². The highest BCUT2D eigenvalue weighted by Gasteiger charge is 2.31. The fraction of sp³-hybridized carbons (Fsp3) is 1.00. The molecule has 1 atom stereocenters. The molecule has 0 aromatic rings. The lowest BCUT2D eigenvalue weighted by Gasteiger charge is -2.25. The van der Waals surface area contributed by atoms with Crippen molar-refractivity contribution in [2.45, 2.75) is 51.2 Å². The van der Waals surface area contributed by atoms with E-state index in [1.165, 1.54) is 0 Å². The maximum Gasteiger partial charge on any atom is 0.151 e. The van der Waals surface area contributed by atoms with Crippen molar-refractivity contribution in [3.05, 3.63) is 0 Å². The first kappa shape index (κ1) is 13.9. The number of hydrogen-bond acceptors (Lipinski definition) is 4. The number of aliphatic hydroxyl groups is 1. The second-order valence-corrected chi connectivity index (χ2v) is 7.31. The molecular formula is C11H23NO3S. The molecule has 1 saturated carbocycles. The van der Waals surface area contributed by atoms with Crippen LogP contribution >= 0.6 is 0 Å². The summed E-state index contributed by atoms with van der Waals surface area (Å²) in [7, 11) is -2.93. The highest BCUT2D eigenvalue weighted by molar-refractivity contribution is 7.91. The highest BCUT2D eigenvalue weighted by atomic mass is 32.2. The van der Waals surface area contributed by atoms with E-state index in [-0.39, 0.29) is 17.5 Å². The zero-order chi connectivity index (χ0) is 12.2. The van der Waals surface area contributed by atoms with Gasteiger partial charge in [0, 0.05) is 18.3 Å². The summed E-state index contributed by atoms with van der Waals surface area (Å²) < 4.78 is 22.8. The summed E-state index contributed by atoms with van der Waals surface area (Å²) in [6, 6.07) is -0.0884. The molecule has 16 heavy (non-hydrogen) atoms. The van der Waals surface area contributed by atoms with Crippen LogP contribution in [0.15, 0.2) is 0 Å². The molecule has 0 radical (unpaired) electrons. The van der Waals surface area contributed by atoms with Crippen molar-refractivity contribution >= 4 is 9.84 Å². The van der Waals surface area contributed by atoms with Crippen LogP contribution in [-0.2, 0) is 9.84 Å². The Morgan fingerprint density at radius 2 is 1.94 bits per heavy atom. The van der Waals surface area contributed by atoms with Crippen molar-refractivity contribution in [1.82, 2.24) is 5.32 Å². The molecule has 1 unspecified atom stereocenters. The van der Waals surface area contributed by atoms with Gasteiger partial charge < -0.3 is 10.4 Å². The van der Waals surface area contributed by atoms with Crippen LogP contribution in [0.3, 0.4) is 0 Å². The molecule has 0 saturated heterocycles. The largest absolute Gasteiger partial charge is 0.389 e. The molecule has 96 valence electrons. The lowest BCUT2D eigenvalue weighted by atomic mass is 10.0. The third-order valence-corrected chi connectivity index (χ3v) is 5.15. The standard InChI is InChI=1S/C11H23NO3S/c1-3-16(14,15)8-10(2)12-9-11(13)6-4-5-7-11/h10,12-13H,3-9H2,1-2H3. The van der Waals surface area contributed by atoms with Crippen LogP contribution in [0.25, 0.3) is 0 Å². The molecule has 0 amide bonds. The van der Waals surface area contributed by atoms with Gasteiger partial charge in [-0.3, -0.25) is 0 Å². The predicted molar refractivity (Wildman–Crippen MR) is 65.2 cm³/mol. The Kier molecular flexibility index (Phi) is 4.76. The summed E-state index contributed by atoms with van der Waals surface area (Å²) in [5.74, 6) is 0.336. The van der Waals surface area contributed by atoms with Crippen LogP contribution in [0, 0.1) is 0 Å². The minimum Gasteiger partial charge on any atom is -0.389 e. The Bertz CT molecular complexity index is 307. The summed E-state index contributed by atoms with van der Waals surface area (Å²) >= 11 is 0. The quantitative estimate of drug-likeness (QED) is 0.727. The average Bonchev–Trinajstić information content (AvgIpc) is 2.63. The minimum atomic E-state index is -2.93. The summed E-state index contributed by atoms with van der Waals surface area (Å²) in [6.07, 6.45) is 3.79. The van der Waals surface area contributed by atoms with Gasteiger partial charge in [0.2, 0.25) is 0 Å². The molecule has 1 aliphatic carbocycles. The van der Waals surface area contributed by atoms with E-state index in [1.54, 1.807) is 6.92 Å². The SMILES string of the molecule is CCS(=O)(=O)CC(C)NCC1(O)CCCC1. The van der Waals surface area contributed by atoms with E-state index in [0.29, 0.717) is 6.54 Å². The van der Waals surface area contributed by atoms with Gasteiger partial charge in [-0.1, -0.05) is 19.8 Å². The van der Waals surface area contributed by atoms with E-state index < -0.39 is 15.4 Å². The van der Waals surface area contributed by atoms with E-state index >= 15 is 0 Å². The summed E-state index contributed by atoms with van der Waals surface area (Å²) in [5, 5.41) is 13.2. The monoisotopic (exact) mass is 249 g/mol. The minimum absolute atomic E-state index is 0.0884. The van der Waals surface area contributed by atoms with E-state index in [4.69, 9.17) is 0 Å². The Hall–Kier alpha value is -0.130. The number of nitrogens with one attached hydrogen (secondary N) is 1. The summed E-state index contributed by atoms with van der Waals surface area (Å²) in [6.45, 7) is 4.02. The molecule has 0 aromatic heterocycles. The van der Waals surface area contributed by atoms with E-state index in [1.807, 2.05) is 6.92 Å². The molecule has 1 fully saturated rings. The number of rotatable bonds is 6. The van der Waals surface area contributed by atoms with Crippen molar-refractivity contribution in [2.24, 2.45) is 0 Å². The lowest BCUT2D eigenvalue weighted by molar-refractivity contribution is 0.0460. The van der Waals surface area contributed by atoms with Crippen molar-refractivity contribution in [3.8, 4) is 0 Å². The van der Waals surface area contributed by atoms with Gasteiger partial charge in [-0.2, -0.15) is 0 Å². The third kappa shape index (κ3) is 4.39. The van der Waals surface area contributed by atoms with Crippen LogP contribution in [0.1, 0.15) is 39.5 Å². The van der Waals surface area contributed by atoms with Gasteiger partial charge in [-0.15, -0.1) is 0 Å². The van der Waals surface area contributed by atoms with Gasteiger partial charge in [0.25, 0.3) is 0 Å². The van der Waals surface area contributed by atoms with Gasteiger partial charge in [0.05, 0.1) is 11.4 Å². The molecule has 5 heteroatoms. The van der Waals surface area contributed by atoms with Crippen molar-refractivity contribution in [1.29, 1.82) is 0 Å². The molecule has 1 aliphatic rings. The molecule has 0 spiro atoms. The molecule has 1 rings (SSSR count). The normalized spacial score (nSPS) is 22.2. The number of hydrogen-bond donors (Lipinski definition) is 2. The Balaban J connectivity index is 2.32. The molecule has 0 aromatic carbocycles. The fourth-order valence-electron chi connectivity index (χ4n) is 2.13. The van der Waals surface area contributed by atoms with Gasteiger partial charge >= 0.3 is 0 Å². The first-order valence-electron chi connectivity index (χ1n) is 6.03. The van der Waals surface area contributed by atoms with E-state index in [2.05, 4.69) is 5.32 Å². The second-order valence-electron chi connectivity index (χ2n) is 4.91. The average molecular weight is 249 g/mol. The lowest BCUT2D eigenvalue weighted by Crippen LogP contribution is -2.44. The maximum absolute atomic E-state index is 11.4. The molecule has 0 heterocycles. The van der Waals surface area contributed by atoms with Crippen LogP contribution in [0.4, 0.5) is 0 Å². The Labute approximate surface area is 98.4 Å². The predicted octanol–water partition coefficient (Wildman–Crippen LogP) is 0.704. The topological polar surface area (TPSA) is 66.4 Å². The Morgan fingerprint density at radius 1 is 1.38 bits per heavy atom.